The van der Waals surface area contributed by atoms with E-state index in [1.54, 1.807) is 37.7 Å². The van der Waals surface area contributed by atoms with Crippen LogP contribution in [0, 0.1) is 11.8 Å². The molecular weight excluding hydrogens is 516 g/mol. The van der Waals surface area contributed by atoms with Crippen LogP contribution in [0.5, 0.6) is 5.75 Å². The molecule has 1 atom stereocenters. The Morgan fingerprint density at radius 2 is 2.15 bits per heavy atom. The zero-order valence-electron chi connectivity index (χ0n) is 22.3. The quantitative estimate of drug-likeness (QED) is 0.253. The average Bonchev–Trinajstić information content (AvgIpc) is 3.27. The molecule has 1 aromatic carbocycles. The molecule has 1 aliphatic heterocycles. The molecule has 0 bridgehead atoms. The molecule has 39 heavy (non-hydrogen) atoms. The van der Waals surface area contributed by atoms with Crippen molar-refractivity contribution in [2.45, 2.75) is 19.4 Å². The van der Waals surface area contributed by atoms with E-state index in [1.807, 2.05) is 38.1 Å². The maximum Gasteiger partial charge on any atom is 0.255 e. The van der Waals surface area contributed by atoms with Crippen molar-refractivity contribution in [3.05, 3.63) is 70.7 Å². The van der Waals surface area contributed by atoms with Crippen molar-refractivity contribution in [1.82, 2.24) is 25.5 Å². The van der Waals surface area contributed by atoms with Crippen LogP contribution >= 0.6 is 11.6 Å². The van der Waals surface area contributed by atoms with Gasteiger partial charge in [-0.3, -0.25) is 14.6 Å². The maximum absolute atomic E-state index is 13.0. The number of aromatic nitrogens is 2. The van der Waals surface area contributed by atoms with Crippen molar-refractivity contribution >= 4 is 34.8 Å². The third-order valence-electron chi connectivity index (χ3n) is 6.01. The normalized spacial score (nSPS) is 13.3. The average molecular weight is 547 g/mol. The number of fused-ring (bicyclic) bond motifs is 1. The number of H-pyrrole nitrogens is 1. The first kappa shape index (κ1) is 27.8. The number of methoxy groups -OCH3 is 1. The van der Waals surface area contributed by atoms with E-state index in [4.69, 9.17) is 16.3 Å². The minimum Gasteiger partial charge on any atom is -0.493 e. The second kappa shape index (κ2) is 12.5. The van der Waals surface area contributed by atoms with Crippen LogP contribution in [0.1, 0.15) is 28.5 Å². The lowest BCUT2D eigenvalue weighted by Crippen LogP contribution is -2.31. The highest BCUT2D eigenvalue weighted by atomic mass is 35.5. The van der Waals surface area contributed by atoms with Crippen molar-refractivity contribution in [2.75, 3.05) is 39.6 Å². The van der Waals surface area contributed by atoms with E-state index in [-0.39, 0.29) is 11.8 Å². The number of halogens is 1. The van der Waals surface area contributed by atoms with Crippen LogP contribution in [-0.4, -0.2) is 67.0 Å². The molecule has 0 unspecified atom stereocenters. The molecule has 1 aliphatic rings. The van der Waals surface area contributed by atoms with E-state index in [0.717, 1.165) is 11.3 Å². The van der Waals surface area contributed by atoms with Crippen molar-refractivity contribution in [2.24, 2.45) is 0 Å². The molecule has 10 heteroatoms. The molecule has 0 saturated carbocycles. The van der Waals surface area contributed by atoms with E-state index in [0.29, 0.717) is 58.5 Å². The van der Waals surface area contributed by atoms with Gasteiger partial charge in [-0.15, -0.1) is 0 Å². The Labute approximate surface area is 233 Å². The van der Waals surface area contributed by atoms with E-state index < -0.39 is 6.04 Å². The van der Waals surface area contributed by atoms with Crippen LogP contribution < -0.4 is 20.7 Å². The van der Waals surface area contributed by atoms with Gasteiger partial charge in [-0.2, -0.15) is 0 Å². The fraction of sp³-hybridized carbons (Fsp3) is 0.276. The first-order valence-electron chi connectivity index (χ1n) is 12.5. The van der Waals surface area contributed by atoms with Crippen LogP contribution in [-0.2, 0) is 11.2 Å². The molecule has 202 valence electrons. The maximum atomic E-state index is 13.0. The number of para-hydroxylation sites is 1. The van der Waals surface area contributed by atoms with Gasteiger partial charge >= 0.3 is 0 Å². The molecule has 4 rings (SSSR count). The predicted octanol–water partition coefficient (Wildman–Crippen LogP) is 3.74. The summed E-state index contributed by atoms with van der Waals surface area (Å²) >= 11 is 6.36. The van der Waals surface area contributed by atoms with Gasteiger partial charge in [-0.05, 0) is 39.2 Å². The van der Waals surface area contributed by atoms with Gasteiger partial charge in [0.1, 0.15) is 0 Å². The third kappa shape index (κ3) is 6.60. The lowest BCUT2D eigenvalue weighted by molar-refractivity contribution is -0.116. The molecule has 2 aromatic heterocycles. The van der Waals surface area contributed by atoms with E-state index in [1.165, 1.54) is 6.08 Å². The van der Waals surface area contributed by atoms with Crippen molar-refractivity contribution in [3.63, 3.8) is 0 Å². The number of nitrogens with one attached hydrogen (secondary N) is 4. The van der Waals surface area contributed by atoms with E-state index in [2.05, 4.69) is 37.8 Å². The number of nitrogens with zero attached hydrogens (tertiary/aromatic N) is 2. The molecule has 9 nitrogen and oxygen atoms in total. The summed E-state index contributed by atoms with van der Waals surface area (Å²) in [5.41, 5.74) is 4.64. The minimum absolute atomic E-state index is 0.178. The number of hydrogen-bond donors (Lipinski definition) is 4. The Morgan fingerprint density at radius 3 is 2.92 bits per heavy atom. The van der Waals surface area contributed by atoms with Gasteiger partial charge in [0.2, 0.25) is 5.91 Å². The summed E-state index contributed by atoms with van der Waals surface area (Å²) in [5.74, 6) is 6.32. The fourth-order valence-electron chi connectivity index (χ4n) is 4.22. The summed E-state index contributed by atoms with van der Waals surface area (Å²) in [5, 5.41) is 9.59. The summed E-state index contributed by atoms with van der Waals surface area (Å²) in [6.07, 6.45) is 7.28. The standard InChI is InChI=1S/C29H31ClN6O3/c1-18(33-24(37)9-6-16-36(2)3)10-11-19-17-31-14-12-20(19)26-27(25-22(34-26)13-15-32-29(25)38)35-23-8-5-7-21(30)28(23)39-4/h5-9,12,14,17-18,34-35H,13,15-16H2,1-4H3,(H,32,38)(H,33,37)/b9-6+/t18-/m1/s1. The molecule has 0 radical (unpaired) electrons. The van der Waals surface area contributed by atoms with Gasteiger partial charge in [0.05, 0.1) is 46.4 Å². The number of amides is 2. The largest absolute Gasteiger partial charge is 0.493 e. The monoisotopic (exact) mass is 546 g/mol. The summed E-state index contributed by atoms with van der Waals surface area (Å²) in [6.45, 7) is 3.02. The SMILES string of the molecule is COc1c(Cl)cccc1Nc1c(-c2ccncc2C#C[C@@H](C)NC(=O)/C=C/CN(C)C)[nH]c2c1C(=O)NCC2. The third-order valence-corrected chi connectivity index (χ3v) is 6.31. The van der Waals surface area contributed by atoms with Crippen LogP contribution in [0.2, 0.25) is 5.02 Å². The molecule has 4 N–H and O–H groups in total. The van der Waals surface area contributed by atoms with E-state index >= 15 is 0 Å². The number of pyridine rings is 1. The number of likely N-dealkylation sites (N-methyl/N-ethyl adjacent to an activating group) is 1. The summed E-state index contributed by atoms with van der Waals surface area (Å²) in [6, 6.07) is 6.82. The van der Waals surface area contributed by atoms with Crippen molar-refractivity contribution in [3.8, 4) is 28.8 Å². The number of hydrogen-bond acceptors (Lipinski definition) is 6. The Hall–Kier alpha value is -4.26. The van der Waals surface area contributed by atoms with Crippen LogP contribution in [0.25, 0.3) is 11.3 Å². The van der Waals surface area contributed by atoms with E-state index in [9.17, 15) is 9.59 Å². The summed E-state index contributed by atoms with van der Waals surface area (Å²) < 4.78 is 5.52. The number of rotatable bonds is 8. The van der Waals surface area contributed by atoms with Crippen molar-refractivity contribution < 1.29 is 14.3 Å². The van der Waals surface area contributed by atoms with Gasteiger partial charge in [-0.1, -0.05) is 35.6 Å². The molecule has 0 aliphatic carbocycles. The van der Waals surface area contributed by atoms with Crippen LogP contribution in [0.15, 0.2) is 48.8 Å². The Balaban J connectivity index is 1.70. The molecule has 3 heterocycles. The Morgan fingerprint density at radius 1 is 1.33 bits per heavy atom. The zero-order chi connectivity index (χ0) is 27.9. The second-order valence-electron chi connectivity index (χ2n) is 9.27. The zero-order valence-corrected chi connectivity index (χ0v) is 23.1. The van der Waals surface area contributed by atoms with Gasteiger partial charge in [-0.25, -0.2) is 0 Å². The number of ether oxygens (including phenoxy) is 1. The number of aromatic amines is 1. The molecule has 2 amide bonds. The lowest BCUT2D eigenvalue weighted by Gasteiger charge is -2.17. The van der Waals surface area contributed by atoms with Gasteiger partial charge in [0.25, 0.3) is 5.91 Å². The molecule has 3 aromatic rings. The van der Waals surface area contributed by atoms with Gasteiger partial charge < -0.3 is 30.6 Å². The van der Waals surface area contributed by atoms with Gasteiger partial charge in [0.15, 0.2) is 5.75 Å². The lowest BCUT2D eigenvalue weighted by atomic mass is 10.0. The summed E-state index contributed by atoms with van der Waals surface area (Å²) in [4.78, 5) is 34.8. The Kier molecular flexibility index (Phi) is 8.92. The van der Waals surface area contributed by atoms with Crippen molar-refractivity contribution in [1.29, 1.82) is 0 Å². The topological polar surface area (TPSA) is 111 Å². The van der Waals surface area contributed by atoms with Crippen LogP contribution in [0.3, 0.4) is 0 Å². The molecular formula is C29H31ClN6O3. The van der Waals surface area contributed by atoms with Gasteiger partial charge in [0, 0.05) is 49.2 Å². The predicted molar refractivity (Wildman–Crippen MR) is 154 cm³/mol. The minimum atomic E-state index is -0.398. The smallest absolute Gasteiger partial charge is 0.255 e. The first-order chi connectivity index (χ1) is 18.8. The first-order valence-corrected chi connectivity index (χ1v) is 12.9. The number of carbonyl (C=O) groups excluding carboxylic acids is 2. The molecule has 0 saturated heterocycles. The highest BCUT2D eigenvalue weighted by molar-refractivity contribution is 6.32. The number of carbonyl (C=O) groups is 2. The Bertz CT molecular complexity index is 1470. The highest BCUT2D eigenvalue weighted by Crippen LogP contribution is 2.41. The van der Waals surface area contributed by atoms with Crippen LogP contribution in [0.4, 0.5) is 11.4 Å². The fourth-order valence-corrected chi connectivity index (χ4v) is 4.47. The molecule has 0 spiro atoms. The highest BCUT2D eigenvalue weighted by Gasteiger charge is 2.28. The second-order valence-corrected chi connectivity index (χ2v) is 9.67. The number of benzene rings is 1. The number of anilines is 2. The molecule has 0 fully saturated rings. The summed E-state index contributed by atoms with van der Waals surface area (Å²) in [7, 11) is 5.41.